The Balaban J connectivity index is 2.32. The van der Waals surface area contributed by atoms with Crippen molar-refractivity contribution >= 4 is 0 Å². The minimum atomic E-state index is -0.303. The lowest BCUT2D eigenvalue weighted by Gasteiger charge is -2.19. The van der Waals surface area contributed by atoms with Crippen LogP contribution >= 0.6 is 0 Å². The smallest absolute Gasteiger partial charge is 0.141 e. The summed E-state index contributed by atoms with van der Waals surface area (Å²) in [4.78, 5) is 4.20. The molecule has 19 heavy (non-hydrogen) atoms. The topological polar surface area (TPSA) is 24.9 Å². The Labute approximate surface area is 113 Å². The predicted octanol–water partition coefficient (Wildman–Crippen LogP) is 3.62. The molecule has 0 aliphatic rings. The minimum Gasteiger partial charge on any atom is -0.305 e. The molecule has 1 atom stereocenters. The van der Waals surface area contributed by atoms with Crippen molar-refractivity contribution in [3.8, 4) is 0 Å². The molecule has 2 aromatic rings. The fourth-order valence-electron chi connectivity index (χ4n) is 2.09. The number of nitrogens with one attached hydrogen (secondary N) is 1. The van der Waals surface area contributed by atoms with Gasteiger partial charge in [-0.05, 0) is 37.6 Å². The number of pyridine rings is 1. The van der Waals surface area contributed by atoms with E-state index in [1.54, 1.807) is 6.07 Å². The molecule has 1 aromatic carbocycles. The van der Waals surface area contributed by atoms with Gasteiger partial charge in [0.15, 0.2) is 0 Å². The summed E-state index contributed by atoms with van der Waals surface area (Å²) >= 11 is 0. The third-order valence-electron chi connectivity index (χ3n) is 3.02. The highest BCUT2D eigenvalue weighted by Crippen LogP contribution is 2.21. The first-order valence-electron chi connectivity index (χ1n) is 6.62. The average Bonchev–Trinajstić information content (AvgIpc) is 2.41. The Hall–Kier alpha value is -1.74. The summed E-state index contributed by atoms with van der Waals surface area (Å²) < 4.78 is 13.0. The van der Waals surface area contributed by atoms with Crippen LogP contribution in [-0.2, 0) is 0 Å². The van der Waals surface area contributed by atoms with Gasteiger partial charge in [-0.2, -0.15) is 0 Å². The Bertz CT molecular complexity index is 523. The number of benzene rings is 1. The maximum absolute atomic E-state index is 13.0. The van der Waals surface area contributed by atoms with Crippen molar-refractivity contribution in [1.29, 1.82) is 0 Å². The second-order valence-corrected chi connectivity index (χ2v) is 4.70. The minimum absolute atomic E-state index is 0.0143. The van der Waals surface area contributed by atoms with Gasteiger partial charge < -0.3 is 5.32 Å². The summed E-state index contributed by atoms with van der Waals surface area (Å²) in [7, 11) is 0. The zero-order valence-corrected chi connectivity index (χ0v) is 11.4. The van der Waals surface area contributed by atoms with Crippen LogP contribution in [0.25, 0.3) is 0 Å². The van der Waals surface area contributed by atoms with E-state index in [0.717, 1.165) is 24.2 Å². The SMILES string of the molecule is CCCNC(c1cccc(C)c1)c1ccc(F)cn1. The van der Waals surface area contributed by atoms with Crippen LogP contribution in [0.1, 0.15) is 36.2 Å². The molecular formula is C16H19FN2. The van der Waals surface area contributed by atoms with Crippen LogP contribution < -0.4 is 5.32 Å². The van der Waals surface area contributed by atoms with E-state index >= 15 is 0 Å². The molecule has 0 saturated carbocycles. The van der Waals surface area contributed by atoms with Crippen LogP contribution in [0.3, 0.4) is 0 Å². The summed E-state index contributed by atoms with van der Waals surface area (Å²) in [5, 5.41) is 3.46. The standard InChI is InChI=1S/C16H19FN2/c1-3-9-18-16(13-6-4-5-12(2)10-13)15-8-7-14(17)11-19-15/h4-8,10-11,16,18H,3,9H2,1-2H3. The Morgan fingerprint density at radius 2 is 2.11 bits per heavy atom. The molecule has 1 heterocycles. The van der Waals surface area contributed by atoms with Crippen LogP contribution in [-0.4, -0.2) is 11.5 Å². The fourth-order valence-corrected chi connectivity index (χ4v) is 2.09. The van der Waals surface area contributed by atoms with Crippen molar-refractivity contribution in [2.75, 3.05) is 6.54 Å². The number of aryl methyl sites for hydroxylation is 1. The first-order valence-corrected chi connectivity index (χ1v) is 6.62. The number of halogens is 1. The summed E-state index contributed by atoms with van der Waals surface area (Å²) in [5.41, 5.74) is 3.22. The normalized spacial score (nSPS) is 12.4. The van der Waals surface area contributed by atoms with Crippen LogP contribution in [0.5, 0.6) is 0 Å². The molecule has 3 heteroatoms. The van der Waals surface area contributed by atoms with Gasteiger partial charge >= 0.3 is 0 Å². The van der Waals surface area contributed by atoms with Gasteiger partial charge in [-0.15, -0.1) is 0 Å². The molecule has 0 fully saturated rings. The van der Waals surface area contributed by atoms with E-state index in [0.29, 0.717) is 0 Å². The lowest BCUT2D eigenvalue weighted by molar-refractivity contribution is 0.576. The van der Waals surface area contributed by atoms with Crippen LogP contribution in [0.15, 0.2) is 42.6 Å². The van der Waals surface area contributed by atoms with E-state index in [1.165, 1.54) is 17.8 Å². The maximum Gasteiger partial charge on any atom is 0.141 e. The third kappa shape index (κ3) is 3.61. The molecule has 0 bridgehead atoms. The first-order chi connectivity index (χ1) is 9.20. The number of aromatic nitrogens is 1. The van der Waals surface area contributed by atoms with E-state index < -0.39 is 0 Å². The second-order valence-electron chi connectivity index (χ2n) is 4.70. The first kappa shape index (κ1) is 13.7. The van der Waals surface area contributed by atoms with Crippen LogP contribution in [0, 0.1) is 12.7 Å². The molecule has 2 nitrogen and oxygen atoms in total. The second kappa shape index (κ2) is 6.43. The van der Waals surface area contributed by atoms with E-state index in [4.69, 9.17) is 0 Å². The quantitative estimate of drug-likeness (QED) is 0.886. The summed E-state index contributed by atoms with van der Waals surface area (Å²) in [6.45, 7) is 5.09. The lowest BCUT2D eigenvalue weighted by atomic mass is 10.0. The molecule has 0 saturated heterocycles. The van der Waals surface area contributed by atoms with E-state index in [1.807, 2.05) is 6.07 Å². The van der Waals surface area contributed by atoms with E-state index in [9.17, 15) is 4.39 Å². The Kier molecular flexibility index (Phi) is 4.63. The highest BCUT2D eigenvalue weighted by molar-refractivity contribution is 5.31. The maximum atomic E-state index is 13.0. The van der Waals surface area contributed by atoms with Crippen molar-refractivity contribution in [3.63, 3.8) is 0 Å². The zero-order valence-electron chi connectivity index (χ0n) is 11.4. The predicted molar refractivity (Wildman–Crippen MR) is 75.5 cm³/mol. The van der Waals surface area contributed by atoms with Crippen molar-refractivity contribution in [3.05, 3.63) is 65.2 Å². The Morgan fingerprint density at radius 3 is 2.74 bits per heavy atom. The molecule has 0 aliphatic heterocycles. The number of hydrogen-bond donors (Lipinski definition) is 1. The van der Waals surface area contributed by atoms with Crippen molar-refractivity contribution in [2.24, 2.45) is 0 Å². The molecule has 0 radical (unpaired) electrons. The van der Waals surface area contributed by atoms with Gasteiger partial charge in [0.2, 0.25) is 0 Å². The molecule has 1 aromatic heterocycles. The highest BCUT2D eigenvalue weighted by Gasteiger charge is 2.14. The van der Waals surface area contributed by atoms with E-state index in [2.05, 4.69) is 42.3 Å². The summed E-state index contributed by atoms with van der Waals surface area (Å²) in [5.74, 6) is -0.303. The van der Waals surface area contributed by atoms with E-state index in [-0.39, 0.29) is 11.9 Å². The fraction of sp³-hybridized carbons (Fsp3) is 0.312. The van der Waals surface area contributed by atoms with Crippen LogP contribution in [0.4, 0.5) is 4.39 Å². The van der Waals surface area contributed by atoms with Crippen molar-refractivity contribution < 1.29 is 4.39 Å². The number of hydrogen-bond acceptors (Lipinski definition) is 2. The zero-order chi connectivity index (χ0) is 13.7. The highest BCUT2D eigenvalue weighted by atomic mass is 19.1. The van der Waals surface area contributed by atoms with Crippen molar-refractivity contribution in [1.82, 2.24) is 10.3 Å². The largest absolute Gasteiger partial charge is 0.305 e. The van der Waals surface area contributed by atoms with Gasteiger partial charge in [-0.1, -0.05) is 36.8 Å². The molecule has 0 amide bonds. The molecule has 1 unspecified atom stereocenters. The van der Waals surface area contributed by atoms with Gasteiger partial charge in [-0.3, -0.25) is 4.98 Å². The third-order valence-corrected chi connectivity index (χ3v) is 3.02. The molecule has 0 aliphatic carbocycles. The number of nitrogens with zero attached hydrogens (tertiary/aromatic N) is 1. The molecule has 0 spiro atoms. The monoisotopic (exact) mass is 258 g/mol. The summed E-state index contributed by atoms with van der Waals surface area (Å²) in [6, 6.07) is 11.5. The summed E-state index contributed by atoms with van der Waals surface area (Å²) in [6.07, 6.45) is 2.31. The lowest BCUT2D eigenvalue weighted by Crippen LogP contribution is -2.24. The molecule has 2 rings (SSSR count). The van der Waals surface area contributed by atoms with Crippen molar-refractivity contribution in [2.45, 2.75) is 26.3 Å². The molecular weight excluding hydrogens is 239 g/mol. The van der Waals surface area contributed by atoms with Gasteiger partial charge in [-0.25, -0.2) is 4.39 Å². The van der Waals surface area contributed by atoms with Gasteiger partial charge in [0.25, 0.3) is 0 Å². The van der Waals surface area contributed by atoms with Crippen LogP contribution in [0.2, 0.25) is 0 Å². The number of rotatable bonds is 5. The molecule has 1 N–H and O–H groups in total. The molecule has 100 valence electrons. The Morgan fingerprint density at radius 1 is 1.26 bits per heavy atom. The van der Waals surface area contributed by atoms with Gasteiger partial charge in [0, 0.05) is 0 Å². The van der Waals surface area contributed by atoms with Gasteiger partial charge in [0.1, 0.15) is 5.82 Å². The average molecular weight is 258 g/mol. The van der Waals surface area contributed by atoms with Gasteiger partial charge in [0.05, 0.1) is 17.9 Å².